The predicted molar refractivity (Wildman–Crippen MR) is 113 cm³/mol. The van der Waals surface area contributed by atoms with Crippen molar-refractivity contribution >= 4 is 17.6 Å². The molecule has 1 N–H and O–H groups in total. The number of benzene rings is 1. The van der Waals surface area contributed by atoms with Crippen molar-refractivity contribution in [2.75, 3.05) is 31.6 Å². The van der Waals surface area contributed by atoms with Crippen LogP contribution in [0.25, 0.3) is 0 Å². The third kappa shape index (κ3) is 4.74. The van der Waals surface area contributed by atoms with E-state index in [9.17, 15) is 9.59 Å². The number of amides is 3. The number of carbonyl (C=O) groups excluding carboxylic acids is 2. The summed E-state index contributed by atoms with van der Waals surface area (Å²) in [5, 5.41) is 3.06. The molecule has 6 heteroatoms. The van der Waals surface area contributed by atoms with Crippen molar-refractivity contribution in [3.05, 3.63) is 29.3 Å². The largest absolute Gasteiger partial charge is 0.381 e. The lowest BCUT2D eigenvalue weighted by molar-refractivity contribution is -0.141. The fraction of sp³-hybridized carbons (Fsp3) is 0.652. The van der Waals surface area contributed by atoms with E-state index < -0.39 is 0 Å². The summed E-state index contributed by atoms with van der Waals surface area (Å²) in [6.07, 6.45) is 5.66. The molecule has 3 aliphatic rings. The first-order chi connectivity index (χ1) is 14.0. The molecule has 2 heterocycles. The van der Waals surface area contributed by atoms with E-state index >= 15 is 0 Å². The number of anilines is 1. The van der Waals surface area contributed by atoms with E-state index in [0.29, 0.717) is 25.0 Å². The third-order valence-electron chi connectivity index (χ3n) is 6.53. The molecule has 1 aromatic carbocycles. The first-order valence-corrected chi connectivity index (χ1v) is 11.1. The van der Waals surface area contributed by atoms with E-state index in [4.69, 9.17) is 4.74 Å². The van der Waals surface area contributed by atoms with Gasteiger partial charge in [0.25, 0.3) is 0 Å². The Morgan fingerprint density at radius 1 is 1.00 bits per heavy atom. The Kier molecular flexibility index (Phi) is 6.09. The van der Waals surface area contributed by atoms with Gasteiger partial charge in [-0.2, -0.15) is 0 Å². The van der Waals surface area contributed by atoms with Crippen LogP contribution in [0.2, 0.25) is 0 Å². The van der Waals surface area contributed by atoms with Crippen molar-refractivity contribution < 1.29 is 14.3 Å². The Hall–Kier alpha value is -2.08. The number of rotatable bonds is 4. The second-order valence-corrected chi connectivity index (χ2v) is 8.83. The number of nitrogens with zero attached hydrogens (tertiary/aromatic N) is 2. The second kappa shape index (κ2) is 8.74. The molecule has 0 radical (unpaired) electrons. The molecule has 3 amide bonds. The van der Waals surface area contributed by atoms with Crippen LogP contribution in [0.4, 0.5) is 10.5 Å². The molecule has 0 unspecified atom stereocenters. The van der Waals surface area contributed by atoms with Crippen LogP contribution >= 0.6 is 0 Å². The molecule has 2 aliphatic heterocycles. The van der Waals surface area contributed by atoms with Crippen molar-refractivity contribution in [1.29, 1.82) is 0 Å². The third-order valence-corrected chi connectivity index (χ3v) is 6.53. The molecule has 158 valence electrons. The van der Waals surface area contributed by atoms with Gasteiger partial charge in [0.1, 0.15) is 0 Å². The summed E-state index contributed by atoms with van der Waals surface area (Å²) in [7, 11) is 0. The van der Waals surface area contributed by atoms with Crippen LogP contribution in [-0.4, -0.2) is 60.1 Å². The number of carbonyl (C=O) groups is 2. The molecular weight excluding hydrogens is 366 g/mol. The molecule has 1 aliphatic carbocycles. The van der Waals surface area contributed by atoms with Gasteiger partial charge < -0.3 is 19.9 Å². The Bertz CT molecular complexity index is 748. The highest BCUT2D eigenvalue weighted by molar-refractivity contribution is 5.90. The molecule has 2 saturated heterocycles. The van der Waals surface area contributed by atoms with Gasteiger partial charge in [0.2, 0.25) is 5.91 Å². The number of likely N-dealkylation sites (tertiary alicyclic amines) is 1. The summed E-state index contributed by atoms with van der Waals surface area (Å²) < 4.78 is 5.52. The Labute approximate surface area is 173 Å². The summed E-state index contributed by atoms with van der Waals surface area (Å²) >= 11 is 0. The molecule has 1 aromatic rings. The van der Waals surface area contributed by atoms with Crippen LogP contribution in [-0.2, 0) is 9.53 Å². The zero-order chi connectivity index (χ0) is 20.4. The zero-order valence-electron chi connectivity index (χ0n) is 17.7. The lowest BCUT2D eigenvalue weighted by Gasteiger charge is -2.43. The molecule has 3 fully saturated rings. The number of nitrogens with one attached hydrogen (secondary N) is 1. The maximum Gasteiger partial charge on any atom is 0.321 e. The van der Waals surface area contributed by atoms with Gasteiger partial charge in [-0.25, -0.2) is 4.79 Å². The summed E-state index contributed by atoms with van der Waals surface area (Å²) in [6, 6.07) is 6.58. The fourth-order valence-corrected chi connectivity index (χ4v) is 4.66. The second-order valence-electron chi connectivity index (χ2n) is 8.83. The quantitative estimate of drug-likeness (QED) is 0.839. The minimum Gasteiger partial charge on any atom is -0.381 e. The minimum atomic E-state index is -0.0402. The van der Waals surface area contributed by atoms with Crippen molar-refractivity contribution in [3.63, 3.8) is 0 Å². The smallest absolute Gasteiger partial charge is 0.321 e. The molecule has 6 nitrogen and oxygen atoms in total. The van der Waals surface area contributed by atoms with Crippen molar-refractivity contribution in [2.24, 2.45) is 5.92 Å². The monoisotopic (exact) mass is 399 g/mol. The van der Waals surface area contributed by atoms with Gasteiger partial charge in [-0.15, -0.1) is 0 Å². The van der Waals surface area contributed by atoms with Gasteiger partial charge in [0, 0.05) is 50.0 Å². The van der Waals surface area contributed by atoms with E-state index in [-0.39, 0.29) is 18.0 Å². The van der Waals surface area contributed by atoms with Gasteiger partial charge in [0.05, 0.1) is 0 Å². The Balaban J connectivity index is 1.36. The average molecular weight is 400 g/mol. The minimum absolute atomic E-state index is 0.0402. The van der Waals surface area contributed by atoms with Crippen molar-refractivity contribution in [1.82, 2.24) is 9.80 Å². The highest BCUT2D eigenvalue weighted by Gasteiger charge is 2.41. The van der Waals surface area contributed by atoms with E-state index in [1.807, 2.05) is 24.0 Å². The normalized spacial score (nSPS) is 21.1. The van der Waals surface area contributed by atoms with Crippen LogP contribution in [0.5, 0.6) is 0 Å². The number of aryl methyl sites for hydroxylation is 2. The molecule has 0 bridgehead atoms. The lowest BCUT2D eigenvalue weighted by Crippen LogP contribution is -2.54. The number of urea groups is 1. The Morgan fingerprint density at radius 3 is 2.28 bits per heavy atom. The topological polar surface area (TPSA) is 61.9 Å². The lowest BCUT2D eigenvalue weighted by atomic mass is 9.97. The first kappa shape index (κ1) is 20.2. The fourth-order valence-electron chi connectivity index (χ4n) is 4.66. The van der Waals surface area contributed by atoms with Crippen LogP contribution in [0, 0.1) is 19.8 Å². The molecule has 0 atom stereocenters. The van der Waals surface area contributed by atoms with Crippen LogP contribution in [0.3, 0.4) is 0 Å². The molecule has 1 saturated carbocycles. The predicted octanol–water partition coefficient (Wildman–Crippen LogP) is 3.72. The zero-order valence-corrected chi connectivity index (χ0v) is 17.7. The molecule has 0 spiro atoms. The van der Waals surface area contributed by atoms with Gasteiger partial charge >= 0.3 is 6.03 Å². The molecular formula is C23H33N3O3. The van der Waals surface area contributed by atoms with Gasteiger partial charge in [-0.3, -0.25) is 4.79 Å². The molecule has 0 aromatic heterocycles. The van der Waals surface area contributed by atoms with Crippen molar-refractivity contribution in [3.8, 4) is 0 Å². The van der Waals surface area contributed by atoms with Crippen LogP contribution < -0.4 is 5.32 Å². The number of hydrogen-bond acceptors (Lipinski definition) is 3. The summed E-state index contributed by atoms with van der Waals surface area (Å²) in [5.74, 6) is 0.582. The van der Waals surface area contributed by atoms with Gasteiger partial charge in [-0.1, -0.05) is 17.7 Å². The summed E-state index contributed by atoms with van der Waals surface area (Å²) in [6.45, 7) is 6.95. The van der Waals surface area contributed by atoms with E-state index in [0.717, 1.165) is 63.0 Å². The Morgan fingerprint density at radius 2 is 1.66 bits per heavy atom. The van der Waals surface area contributed by atoms with E-state index in [1.165, 1.54) is 5.56 Å². The molecule has 29 heavy (non-hydrogen) atoms. The summed E-state index contributed by atoms with van der Waals surface area (Å²) in [4.78, 5) is 29.9. The van der Waals surface area contributed by atoms with Gasteiger partial charge in [-0.05, 0) is 64.0 Å². The number of hydrogen-bond donors (Lipinski definition) is 1. The first-order valence-electron chi connectivity index (χ1n) is 11.1. The van der Waals surface area contributed by atoms with E-state index in [1.54, 1.807) is 0 Å². The number of piperidine rings is 1. The SMILES string of the molecule is Cc1ccc(NC(=O)N2CCC(N(C(=O)C3CC3)C3CCOCC3)CC2)c(C)c1. The van der Waals surface area contributed by atoms with Crippen molar-refractivity contribution in [2.45, 2.75) is 64.5 Å². The highest BCUT2D eigenvalue weighted by Crippen LogP contribution is 2.35. The van der Waals surface area contributed by atoms with Crippen LogP contribution in [0.15, 0.2) is 18.2 Å². The number of ether oxygens (including phenoxy) is 1. The van der Waals surface area contributed by atoms with Crippen LogP contribution in [0.1, 0.15) is 49.7 Å². The average Bonchev–Trinajstić information content (AvgIpc) is 3.57. The maximum atomic E-state index is 13.0. The highest BCUT2D eigenvalue weighted by atomic mass is 16.5. The standard InChI is InChI=1S/C23H33N3O3/c1-16-3-6-21(17(2)15-16)24-23(28)25-11-7-19(8-12-25)26(22(27)18-4-5-18)20-9-13-29-14-10-20/h3,6,15,18-20H,4-5,7-14H2,1-2H3,(H,24,28). The van der Waals surface area contributed by atoms with E-state index in [2.05, 4.69) is 23.2 Å². The molecule has 4 rings (SSSR count). The summed E-state index contributed by atoms with van der Waals surface area (Å²) in [5.41, 5.74) is 3.14. The van der Waals surface area contributed by atoms with Gasteiger partial charge in [0.15, 0.2) is 0 Å². The maximum absolute atomic E-state index is 13.0.